The number of rotatable bonds is 6. The molecule has 7 aromatic rings. The fourth-order valence-electron chi connectivity index (χ4n) is 8.10. The normalized spacial score (nSPS) is 13.4. The second-order valence-electron chi connectivity index (χ2n) is 15.2. The molecule has 0 saturated heterocycles. The van der Waals surface area contributed by atoms with Gasteiger partial charge in [0.05, 0.1) is 33.6 Å². The summed E-state index contributed by atoms with van der Waals surface area (Å²) in [5, 5.41) is 0. The average molecular weight is 743 g/mol. The fourth-order valence-corrected chi connectivity index (χ4v) is 8.10. The predicted octanol–water partition coefficient (Wildman–Crippen LogP) is 11.5. The molecule has 0 bridgehead atoms. The highest BCUT2D eigenvalue weighted by Crippen LogP contribution is 2.39. The lowest BCUT2D eigenvalue weighted by Gasteiger charge is -2.19. The molecule has 0 fully saturated rings. The van der Waals surface area contributed by atoms with Gasteiger partial charge in [-0.2, -0.15) is 0 Å². The van der Waals surface area contributed by atoms with Gasteiger partial charge in [0.25, 0.3) is 23.6 Å². The summed E-state index contributed by atoms with van der Waals surface area (Å²) in [7, 11) is 0. The lowest BCUT2D eigenvalue weighted by molar-refractivity contribution is 0.0910. The maximum atomic E-state index is 13.7. The molecule has 0 saturated carbocycles. The number of hydrogen-bond acceptors (Lipinski definition) is 4. The van der Waals surface area contributed by atoms with Crippen LogP contribution in [0.1, 0.15) is 69.2 Å². The minimum atomic E-state index is -0.329. The van der Waals surface area contributed by atoms with Crippen LogP contribution >= 0.6 is 0 Å². The second kappa shape index (κ2) is 13.5. The molecule has 57 heavy (non-hydrogen) atoms. The van der Waals surface area contributed by atoms with Crippen molar-refractivity contribution in [3.63, 3.8) is 0 Å². The van der Waals surface area contributed by atoms with E-state index in [2.05, 4.69) is 26.0 Å². The Morgan fingerprint density at radius 3 is 1.16 bits per heavy atom. The summed E-state index contributed by atoms with van der Waals surface area (Å²) in [6.07, 6.45) is 0. The van der Waals surface area contributed by atoms with Gasteiger partial charge in [0.1, 0.15) is 0 Å². The molecule has 276 valence electrons. The first-order chi connectivity index (χ1) is 27.5. The first kappa shape index (κ1) is 35.5. The standard InChI is InChI=1S/C51H38N2O4/c1-29-6-10-34(11-7-29)37-16-21-42-46(27-37)50(56)52(48(42)54)39-18-14-36(15-19-39)44-25-33(5)45(26-32(44)4)41-23-20-40(24-31(41)3)53-49(55)43-22-17-38(28-47(43)51(53)57)35-12-8-30(2)9-13-35/h6-28H,1-5H3. The van der Waals surface area contributed by atoms with E-state index in [4.69, 9.17) is 0 Å². The molecule has 0 N–H and O–H groups in total. The van der Waals surface area contributed by atoms with Crippen LogP contribution in [0.2, 0.25) is 0 Å². The number of carbonyl (C=O) groups excluding carboxylic acids is 4. The maximum Gasteiger partial charge on any atom is 0.266 e. The molecule has 2 aliphatic rings. The van der Waals surface area contributed by atoms with E-state index in [-0.39, 0.29) is 23.6 Å². The van der Waals surface area contributed by atoms with Gasteiger partial charge in [-0.1, -0.05) is 102 Å². The molecule has 0 aliphatic carbocycles. The largest absolute Gasteiger partial charge is 0.268 e. The number of fused-ring (bicyclic) bond motifs is 2. The number of aryl methyl sites for hydroxylation is 5. The molecule has 6 nitrogen and oxygen atoms in total. The zero-order valence-electron chi connectivity index (χ0n) is 32.3. The summed E-state index contributed by atoms with van der Waals surface area (Å²) < 4.78 is 0. The van der Waals surface area contributed by atoms with E-state index in [1.165, 1.54) is 9.80 Å². The summed E-state index contributed by atoms with van der Waals surface area (Å²) >= 11 is 0. The van der Waals surface area contributed by atoms with Crippen LogP contribution in [0.15, 0.2) is 140 Å². The number of benzene rings is 7. The van der Waals surface area contributed by atoms with Crippen molar-refractivity contribution in [2.75, 3.05) is 9.80 Å². The van der Waals surface area contributed by atoms with Crippen molar-refractivity contribution in [3.8, 4) is 44.5 Å². The molecule has 0 spiro atoms. The Kier molecular flexibility index (Phi) is 8.43. The third-order valence-electron chi connectivity index (χ3n) is 11.3. The quantitative estimate of drug-likeness (QED) is 0.159. The summed E-state index contributed by atoms with van der Waals surface area (Å²) in [5.41, 5.74) is 15.9. The lowest BCUT2D eigenvalue weighted by atomic mass is 9.90. The number of imide groups is 2. The molecule has 9 rings (SSSR count). The fraction of sp³-hybridized carbons (Fsp3) is 0.0980. The van der Waals surface area contributed by atoms with Crippen LogP contribution in [-0.4, -0.2) is 23.6 Å². The number of hydrogen-bond donors (Lipinski definition) is 0. The Balaban J connectivity index is 0.947. The molecular weight excluding hydrogens is 705 g/mol. The Bertz CT molecular complexity index is 2850. The van der Waals surface area contributed by atoms with Crippen molar-refractivity contribution in [2.45, 2.75) is 34.6 Å². The van der Waals surface area contributed by atoms with E-state index in [0.717, 1.165) is 72.3 Å². The molecule has 7 aromatic carbocycles. The Morgan fingerprint density at radius 2 is 0.649 bits per heavy atom. The van der Waals surface area contributed by atoms with E-state index in [1.807, 2.05) is 136 Å². The van der Waals surface area contributed by atoms with Gasteiger partial charge in [-0.15, -0.1) is 0 Å². The number of carbonyl (C=O) groups is 4. The number of anilines is 2. The van der Waals surface area contributed by atoms with E-state index >= 15 is 0 Å². The summed E-state index contributed by atoms with van der Waals surface area (Å²) in [4.78, 5) is 56.9. The van der Waals surface area contributed by atoms with Gasteiger partial charge in [0.2, 0.25) is 0 Å². The molecule has 2 aliphatic heterocycles. The summed E-state index contributed by atoms with van der Waals surface area (Å²) in [6, 6.07) is 44.7. The number of nitrogens with zero attached hydrogens (tertiary/aromatic N) is 2. The first-order valence-electron chi connectivity index (χ1n) is 19.0. The van der Waals surface area contributed by atoms with Crippen LogP contribution < -0.4 is 9.80 Å². The van der Waals surface area contributed by atoms with Gasteiger partial charge in [0, 0.05) is 0 Å². The van der Waals surface area contributed by atoms with Crippen molar-refractivity contribution in [2.24, 2.45) is 0 Å². The highest BCUT2D eigenvalue weighted by atomic mass is 16.2. The average Bonchev–Trinajstić information content (AvgIpc) is 3.62. The third-order valence-corrected chi connectivity index (χ3v) is 11.3. The van der Waals surface area contributed by atoms with Crippen LogP contribution in [0, 0.1) is 34.6 Å². The topological polar surface area (TPSA) is 74.8 Å². The summed E-state index contributed by atoms with van der Waals surface area (Å²) in [5.74, 6) is -1.31. The van der Waals surface area contributed by atoms with E-state index in [9.17, 15) is 19.2 Å². The minimum Gasteiger partial charge on any atom is -0.268 e. The molecule has 0 aromatic heterocycles. The van der Waals surface area contributed by atoms with Crippen LogP contribution in [0.5, 0.6) is 0 Å². The van der Waals surface area contributed by atoms with Gasteiger partial charge in [-0.05, 0) is 144 Å². The first-order valence-corrected chi connectivity index (χ1v) is 19.0. The van der Waals surface area contributed by atoms with Crippen LogP contribution in [-0.2, 0) is 0 Å². The van der Waals surface area contributed by atoms with Crippen LogP contribution in [0.25, 0.3) is 44.5 Å². The predicted molar refractivity (Wildman–Crippen MR) is 227 cm³/mol. The molecule has 0 unspecified atom stereocenters. The van der Waals surface area contributed by atoms with Crippen LogP contribution in [0.4, 0.5) is 11.4 Å². The monoisotopic (exact) mass is 742 g/mol. The van der Waals surface area contributed by atoms with Gasteiger partial charge < -0.3 is 0 Å². The van der Waals surface area contributed by atoms with Crippen molar-refractivity contribution in [1.82, 2.24) is 0 Å². The van der Waals surface area contributed by atoms with E-state index < -0.39 is 0 Å². The van der Waals surface area contributed by atoms with Gasteiger partial charge in [-0.3, -0.25) is 19.2 Å². The molecule has 2 heterocycles. The molecular formula is C51H38N2O4. The van der Waals surface area contributed by atoms with E-state index in [1.54, 1.807) is 12.1 Å². The van der Waals surface area contributed by atoms with Crippen molar-refractivity contribution < 1.29 is 19.2 Å². The third kappa shape index (κ3) is 5.98. The second-order valence-corrected chi connectivity index (χ2v) is 15.2. The van der Waals surface area contributed by atoms with Gasteiger partial charge in [-0.25, -0.2) is 9.80 Å². The summed E-state index contributed by atoms with van der Waals surface area (Å²) in [6.45, 7) is 10.2. The zero-order valence-corrected chi connectivity index (χ0v) is 32.3. The Labute approximate surface area is 331 Å². The molecule has 0 radical (unpaired) electrons. The van der Waals surface area contributed by atoms with Crippen molar-refractivity contribution in [1.29, 1.82) is 0 Å². The van der Waals surface area contributed by atoms with Crippen molar-refractivity contribution in [3.05, 3.63) is 190 Å². The number of amides is 4. The smallest absolute Gasteiger partial charge is 0.266 e. The Hall–Kier alpha value is -7.18. The van der Waals surface area contributed by atoms with Crippen LogP contribution in [0.3, 0.4) is 0 Å². The minimum absolute atomic E-state index is 0.324. The molecule has 6 heteroatoms. The SMILES string of the molecule is Cc1ccc(-c2ccc3c(c2)C(=O)N(c2ccc(-c4cc(C)c(-c5ccc(N6C(=O)c7ccc(-c8ccc(C)cc8)cc7C6=O)cc5C)cc4C)cc2)C3=O)cc1. The van der Waals surface area contributed by atoms with E-state index in [0.29, 0.717) is 33.6 Å². The molecule has 0 atom stereocenters. The highest BCUT2D eigenvalue weighted by Gasteiger charge is 2.38. The lowest BCUT2D eigenvalue weighted by Crippen LogP contribution is -2.29. The highest BCUT2D eigenvalue weighted by molar-refractivity contribution is 6.35. The maximum absolute atomic E-state index is 13.7. The van der Waals surface area contributed by atoms with Gasteiger partial charge >= 0.3 is 0 Å². The van der Waals surface area contributed by atoms with Gasteiger partial charge in [0.15, 0.2) is 0 Å². The Morgan fingerprint density at radius 1 is 0.281 bits per heavy atom. The zero-order chi connectivity index (χ0) is 39.7. The molecule has 4 amide bonds. The van der Waals surface area contributed by atoms with Crippen molar-refractivity contribution >= 4 is 35.0 Å².